The minimum Gasteiger partial charge on any atom is -0.398 e. The van der Waals surface area contributed by atoms with Crippen LogP contribution in [0.4, 0.5) is 11.4 Å². The lowest BCUT2D eigenvalue weighted by Crippen LogP contribution is -2.06. The third-order valence-electron chi connectivity index (χ3n) is 3.59. The van der Waals surface area contributed by atoms with E-state index >= 15 is 0 Å². The van der Waals surface area contributed by atoms with Gasteiger partial charge < -0.3 is 11.1 Å². The summed E-state index contributed by atoms with van der Waals surface area (Å²) in [6, 6.07) is 5.56. The molecule has 0 spiro atoms. The van der Waals surface area contributed by atoms with Gasteiger partial charge in [0, 0.05) is 23.5 Å². The molecule has 0 saturated heterocycles. The van der Waals surface area contributed by atoms with Crippen LogP contribution >= 0.6 is 0 Å². The first kappa shape index (κ1) is 13.7. The van der Waals surface area contributed by atoms with Crippen molar-refractivity contribution in [1.82, 2.24) is 0 Å². The summed E-state index contributed by atoms with van der Waals surface area (Å²) in [7, 11) is 0. The summed E-state index contributed by atoms with van der Waals surface area (Å²) in [4.78, 5) is 11.4. The molecular formula is C16H22N2O. The molecule has 0 atom stereocenters. The molecule has 19 heavy (non-hydrogen) atoms. The van der Waals surface area contributed by atoms with Gasteiger partial charge in [0.25, 0.3) is 0 Å². The standard InChI is InChI=1S/C16H22N2O/c1-12(19)15-11-14(7-8-16(15)17)18-10-9-13-5-3-2-4-6-13/h5,7-8,11,18H,2-4,6,9-10,17H2,1H3. The molecule has 0 saturated carbocycles. The topological polar surface area (TPSA) is 55.1 Å². The van der Waals surface area contributed by atoms with Crippen molar-refractivity contribution in [1.29, 1.82) is 0 Å². The number of ketones is 1. The van der Waals surface area contributed by atoms with Crippen LogP contribution in [0, 0.1) is 0 Å². The van der Waals surface area contributed by atoms with E-state index < -0.39 is 0 Å². The Morgan fingerprint density at radius 2 is 2.21 bits per heavy atom. The van der Waals surface area contributed by atoms with E-state index in [2.05, 4.69) is 11.4 Å². The molecule has 0 amide bonds. The molecule has 0 fully saturated rings. The van der Waals surface area contributed by atoms with Gasteiger partial charge in [-0.25, -0.2) is 0 Å². The molecule has 0 unspecified atom stereocenters. The van der Waals surface area contributed by atoms with Gasteiger partial charge in [0.2, 0.25) is 0 Å². The number of allylic oxidation sites excluding steroid dienone is 1. The molecule has 0 bridgehead atoms. The number of hydrogen-bond donors (Lipinski definition) is 2. The third-order valence-corrected chi connectivity index (χ3v) is 3.59. The van der Waals surface area contributed by atoms with E-state index in [0.29, 0.717) is 11.3 Å². The lowest BCUT2D eigenvalue weighted by atomic mass is 9.97. The van der Waals surface area contributed by atoms with Crippen LogP contribution in [-0.2, 0) is 0 Å². The van der Waals surface area contributed by atoms with Crippen LogP contribution in [0.15, 0.2) is 29.8 Å². The Balaban J connectivity index is 1.90. The van der Waals surface area contributed by atoms with E-state index in [0.717, 1.165) is 18.7 Å². The summed E-state index contributed by atoms with van der Waals surface area (Å²) in [5.41, 5.74) is 9.45. The van der Waals surface area contributed by atoms with E-state index in [9.17, 15) is 4.79 Å². The maximum absolute atomic E-state index is 11.4. The van der Waals surface area contributed by atoms with Crippen LogP contribution in [-0.4, -0.2) is 12.3 Å². The summed E-state index contributed by atoms with van der Waals surface area (Å²) < 4.78 is 0. The van der Waals surface area contributed by atoms with Gasteiger partial charge in [-0.3, -0.25) is 4.79 Å². The molecule has 3 heteroatoms. The van der Waals surface area contributed by atoms with E-state index in [-0.39, 0.29) is 5.78 Å². The van der Waals surface area contributed by atoms with Crippen LogP contribution in [0.3, 0.4) is 0 Å². The van der Waals surface area contributed by atoms with Gasteiger partial charge >= 0.3 is 0 Å². The van der Waals surface area contributed by atoms with Crippen molar-refractivity contribution in [3.63, 3.8) is 0 Å². The quantitative estimate of drug-likeness (QED) is 0.480. The van der Waals surface area contributed by atoms with Gasteiger partial charge in [-0.05, 0) is 57.2 Å². The van der Waals surface area contributed by atoms with Crippen molar-refractivity contribution in [2.24, 2.45) is 0 Å². The molecule has 0 heterocycles. The minimum atomic E-state index is 0.0103. The maximum atomic E-state index is 11.4. The van der Waals surface area contributed by atoms with Crippen molar-refractivity contribution in [3.8, 4) is 0 Å². The minimum absolute atomic E-state index is 0.0103. The molecule has 0 radical (unpaired) electrons. The predicted molar refractivity (Wildman–Crippen MR) is 80.5 cm³/mol. The lowest BCUT2D eigenvalue weighted by Gasteiger charge is -2.14. The van der Waals surface area contributed by atoms with Crippen LogP contribution in [0.2, 0.25) is 0 Å². The number of rotatable bonds is 5. The maximum Gasteiger partial charge on any atom is 0.161 e. The SMILES string of the molecule is CC(=O)c1cc(NCCC2=CCCCC2)ccc1N. The van der Waals surface area contributed by atoms with Gasteiger partial charge in [0.15, 0.2) is 5.78 Å². The lowest BCUT2D eigenvalue weighted by molar-refractivity contribution is 0.101. The number of carbonyl (C=O) groups excluding carboxylic acids is 1. The number of nitrogens with one attached hydrogen (secondary N) is 1. The van der Waals surface area contributed by atoms with E-state index in [1.807, 2.05) is 12.1 Å². The zero-order chi connectivity index (χ0) is 13.7. The summed E-state index contributed by atoms with van der Waals surface area (Å²) in [6.07, 6.45) is 8.57. The molecule has 102 valence electrons. The second kappa shape index (κ2) is 6.41. The molecule has 0 aliphatic heterocycles. The Labute approximate surface area is 114 Å². The first-order valence-electron chi connectivity index (χ1n) is 6.99. The van der Waals surface area contributed by atoms with Gasteiger partial charge in [-0.1, -0.05) is 11.6 Å². The Morgan fingerprint density at radius 1 is 1.37 bits per heavy atom. The van der Waals surface area contributed by atoms with Crippen LogP contribution in [0.1, 0.15) is 49.4 Å². The van der Waals surface area contributed by atoms with Crippen LogP contribution in [0.25, 0.3) is 0 Å². The Bertz CT molecular complexity index is 492. The summed E-state index contributed by atoms with van der Waals surface area (Å²) >= 11 is 0. The highest BCUT2D eigenvalue weighted by molar-refractivity contribution is 5.99. The predicted octanol–water partition coefficient (Wildman–Crippen LogP) is 3.77. The second-order valence-corrected chi connectivity index (χ2v) is 5.14. The van der Waals surface area contributed by atoms with Gasteiger partial charge in [-0.2, -0.15) is 0 Å². The second-order valence-electron chi connectivity index (χ2n) is 5.14. The fraction of sp³-hybridized carbons (Fsp3) is 0.438. The zero-order valence-electron chi connectivity index (χ0n) is 11.5. The highest BCUT2D eigenvalue weighted by atomic mass is 16.1. The van der Waals surface area contributed by atoms with E-state index in [4.69, 9.17) is 5.73 Å². The monoisotopic (exact) mass is 258 g/mol. The van der Waals surface area contributed by atoms with Crippen molar-refractivity contribution in [2.45, 2.75) is 39.0 Å². The Hall–Kier alpha value is -1.77. The first-order chi connectivity index (χ1) is 9.16. The summed E-state index contributed by atoms with van der Waals surface area (Å²) in [5.74, 6) is 0.0103. The molecule has 1 aliphatic rings. The number of benzene rings is 1. The van der Waals surface area contributed by atoms with Crippen molar-refractivity contribution < 1.29 is 4.79 Å². The average molecular weight is 258 g/mol. The molecule has 3 nitrogen and oxygen atoms in total. The fourth-order valence-electron chi connectivity index (χ4n) is 2.47. The first-order valence-corrected chi connectivity index (χ1v) is 6.99. The molecule has 1 aromatic carbocycles. The highest BCUT2D eigenvalue weighted by Gasteiger charge is 2.06. The molecular weight excluding hydrogens is 236 g/mol. The molecule has 2 rings (SSSR count). The largest absolute Gasteiger partial charge is 0.398 e. The number of carbonyl (C=O) groups is 1. The number of nitrogens with two attached hydrogens (primary N) is 1. The number of Topliss-reactive ketones (excluding diaryl/α,β-unsaturated/α-hetero) is 1. The fourth-order valence-corrected chi connectivity index (χ4v) is 2.47. The van der Waals surface area contributed by atoms with Crippen LogP contribution < -0.4 is 11.1 Å². The van der Waals surface area contributed by atoms with Gasteiger partial charge in [-0.15, -0.1) is 0 Å². The number of nitrogen functional groups attached to an aromatic ring is 1. The van der Waals surface area contributed by atoms with Crippen molar-refractivity contribution in [3.05, 3.63) is 35.4 Å². The average Bonchev–Trinajstić information content (AvgIpc) is 2.41. The Kier molecular flexibility index (Phi) is 4.61. The highest BCUT2D eigenvalue weighted by Crippen LogP contribution is 2.21. The number of hydrogen-bond acceptors (Lipinski definition) is 3. The van der Waals surface area contributed by atoms with E-state index in [1.54, 1.807) is 18.6 Å². The molecule has 3 N–H and O–H groups in total. The van der Waals surface area contributed by atoms with Gasteiger partial charge in [0.05, 0.1) is 0 Å². The summed E-state index contributed by atoms with van der Waals surface area (Å²) in [6.45, 7) is 2.45. The van der Waals surface area contributed by atoms with Crippen LogP contribution in [0.5, 0.6) is 0 Å². The molecule has 1 aromatic rings. The molecule has 1 aliphatic carbocycles. The third kappa shape index (κ3) is 3.85. The van der Waals surface area contributed by atoms with Crippen molar-refractivity contribution in [2.75, 3.05) is 17.6 Å². The van der Waals surface area contributed by atoms with Crippen molar-refractivity contribution >= 4 is 17.2 Å². The number of anilines is 2. The summed E-state index contributed by atoms with van der Waals surface area (Å²) in [5, 5.41) is 3.37. The Morgan fingerprint density at radius 3 is 2.89 bits per heavy atom. The normalized spacial score (nSPS) is 14.9. The zero-order valence-corrected chi connectivity index (χ0v) is 11.5. The molecule has 0 aromatic heterocycles. The van der Waals surface area contributed by atoms with Gasteiger partial charge in [0.1, 0.15) is 0 Å². The smallest absolute Gasteiger partial charge is 0.161 e. The van der Waals surface area contributed by atoms with E-state index in [1.165, 1.54) is 25.7 Å².